The summed E-state index contributed by atoms with van der Waals surface area (Å²) in [4.78, 5) is 16.1. The Labute approximate surface area is 163 Å². The second-order valence-corrected chi connectivity index (χ2v) is 7.02. The van der Waals surface area contributed by atoms with E-state index in [0.717, 1.165) is 22.1 Å². The van der Waals surface area contributed by atoms with E-state index in [1.54, 1.807) is 18.2 Å². The molecule has 0 bridgehead atoms. The molecule has 4 rings (SSSR count). The van der Waals surface area contributed by atoms with E-state index in [0.29, 0.717) is 33.1 Å². The van der Waals surface area contributed by atoms with Crippen molar-refractivity contribution in [2.24, 2.45) is 0 Å². The van der Waals surface area contributed by atoms with Crippen LogP contribution in [0.15, 0.2) is 49.8 Å². The van der Waals surface area contributed by atoms with Crippen molar-refractivity contribution in [3.63, 3.8) is 0 Å². The van der Waals surface area contributed by atoms with Crippen molar-refractivity contribution in [1.82, 2.24) is 10.1 Å². The first-order chi connectivity index (χ1) is 13.0. The number of ether oxygens (including phenoxy) is 1. The van der Waals surface area contributed by atoms with Crippen molar-refractivity contribution in [3.8, 4) is 23.0 Å². The summed E-state index contributed by atoms with van der Waals surface area (Å²) < 4.78 is 16.7. The molecule has 0 aliphatic carbocycles. The van der Waals surface area contributed by atoms with Gasteiger partial charge in [-0.1, -0.05) is 33.2 Å². The maximum Gasteiger partial charge on any atom is 0.337 e. The van der Waals surface area contributed by atoms with Crippen LogP contribution in [0.5, 0.6) is 0 Å². The van der Waals surface area contributed by atoms with Gasteiger partial charge >= 0.3 is 5.97 Å². The largest absolute Gasteiger partial charge is 0.465 e. The predicted octanol–water partition coefficient (Wildman–Crippen LogP) is 5.32. The predicted molar refractivity (Wildman–Crippen MR) is 103 cm³/mol. The zero-order valence-corrected chi connectivity index (χ0v) is 16.5. The number of benzene rings is 2. The number of carbonyl (C=O) groups excluding carboxylic acids is 1. The van der Waals surface area contributed by atoms with Crippen LogP contribution in [0, 0.1) is 13.8 Å². The number of aromatic nitrogens is 2. The molecule has 0 unspecified atom stereocenters. The van der Waals surface area contributed by atoms with Gasteiger partial charge in [0.2, 0.25) is 5.82 Å². The minimum absolute atomic E-state index is 0.295. The standard InChI is InChI=1S/C20H15BrN2O4/c1-10-4-5-11(2)17-14(10)9-16(26-17)19-22-18(23-27-19)13-7-6-12(8-15(13)21)20(24)25-3/h4-9H,1-3H3. The van der Waals surface area contributed by atoms with Crippen molar-refractivity contribution >= 4 is 32.9 Å². The van der Waals surface area contributed by atoms with Crippen molar-refractivity contribution in [3.05, 3.63) is 57.6 Å². The molecule has 7 heteroatoms. The molecule has 0 saturated carbocycles. The van der Waals surface area contributed by atoms with E-state index in [-0.39, 0.29) is 0 Å². The molecular formula is C20H15BrN2O4. The first-order valence-corrected chi connectivity index (χ1v) is 8.99. The Morgan fingerprint density at radius 2 is 1.89 bits per heavy atom. The van der Waals surface area contributed by atoms with E-state index >= 15 is 0 Å². The van der Waals surface area contributed by atoms with Crippen LogP contribution in [0.25, 0.3) is 34.0 Å². The molecule has 0 radical (unpaired) electrons. The van der Waals surface area contributed by atoms with Crippen LogP contribution in [0.3, 0.4) is 0 Å². The molecule has 6 nitrogen and oxygen atoms in total. The number of furan rings is 1. The average Bonchev–Trinajstić information content (AvgIpc) is 3.31. The third-order valence-corrected chi connectivity index (χ3v) is 5.02. The molecule has 4 aromatic rings. The van der Waals surface area contributed by atoms with E-state index in [4.69, 9.17) is 13.7 Å². The fourth-order valence-electron chi connectivity index (χ4n) is 2.87. The quantitative estimate of drug-likeness (QED) is 0.412. The van der Waals surface area contributed by atoms with Crippen molar-refractivity contribution in [2.45, 2.75) is 13.8 Å². The topological polar surface area (TPSA) is 78.4 Å². The van der Waals surface area contributed by atoms with Gasteiger partial charge in [0.15, 0.2) is 5.76 Å². The van der Waals surface area contributed by atoms with E-state index in [1.807, 2.05) is 26.0 Å². The maximum absolute atomic E-state index is 11.6. The molecule has 0 aliphatic rings. The molecule has 0 aliphatic heterocycles. The number of rotatable bonds is 3. The van der Waals surface area contributed by atoms with Gasteiger partial charge in [0.1, 0.15) is 5.58 Å². The minimum atomic E-state index is -0.413. The highest BCUT2D eigenvalue weighted by molar-refractivity contribution is 9.10. The maximum atomic E-state index is 11.6. The summed E-state index contributed by atoms with van der Waals surface area (Å²) in [5.74, 6) is 0.790. The number of nitrogens with zero attached hydrogens (tertiary/aromatic N) is 2. The lowest BCUT2D eigenvalue weighted by molar-refractivity contribution is 0.0600. The molecule has 0 fully saturated rings. The zero-order valence-electron chi connectivity index (χ0n) is 14.9. The Hall–Kier alpha value is -2.93. The van der Waals surface area contributed by atoms with Crippen molar-refractivity contribution in [2.75, 3.05) is 7.11 Å². The fourth-order valence-corrected chi connectivity index (χ4v) is 3.43. The molecule has 27 heavy (non-hydrogen) atoms. The number of halogens is 1. The van der Waals surface area contributed by atoms with E-state index in [9.17, 15) is 4.79 Å². The number of hydrogen-bond acceptors (Lipinski definition) is 6. The molecule has 0 saturated heterocycles. The van der Waals surface area contributed by atoms with E-state index in [2.05, 4.69) is 32.1 Å². The van der Waals surface area contributed by atoms with Crippen LogP contribution in [0.1, 0.15) is 21.5 Å². The summed E-state index contributed by atoms with van der Waals surface area (Å²) in [6.07, 6.45) is 0. The van der Waals surface area contributed by atoms with Crippen LogP contribution in [0.2, 0.25) is 0 Å². The highest BCUT2D eigenvalue weighted by Gasteiger charge is 2.18. The van der Waals surface area contributed by atoms with Gasteiger partial charge in [-0.05, 0) is 49.2 Å². The van der Waals surface area contributed by atoms with Gasteiger partial charge in [0, 0.05) is 15.4 Å². The smallest absolute Gasteiger partial charge is 0.337 e. The Balaban J connectivity index is 1.73. The van der Waals surface area contributed by atoms with Gasteiger partial charge in [0.25, 0.3) is 5.89 Å². The van der Waals surface area contributed by atoms with E-state index < -0.39 is 5.97 Å². The average molecular weight is 427 g/mol. The Kier molecular flexibility index (Phi) is 4.31. The van der Waals surface area contributed by atoms with Gasteiger partial charge in [-0.2, -0.15) is 4.98 Å². The molecule has 2 heterocycles. The number of carbonyl (C=O) groups is 1. The molecular weight excluding hydrogens is 412 g/mol. The van der Waals surface area contributed by atoms with Gasteiger partial charge < -0.3 is 13.7 Å². The molecule has 2 aromatic carbocycles. The van der Waals surface area contributed by atoms with Crippen molar-refractivity contribution in [1.29, 1.82) is 0 Å². The third-order valence-electron chi connectivity index (χ3n) is 4.37. The van der Waals surface area contributed by atoms with Crippen molar-refractivity contribution < 1.29 is 18.5 Å². The highest BCUT2D eigenvalue weighted by Crippen LogP contribution is 2.33. The monoisotopic (exact) mass is 426 g/mol. The SMILES string of the molecule is COC(=O)c1ccc(-c2noc(-c3cc4c(C)ccc(C)c4o3)n2)c(Br)c1. The van der Waals surface area contributed by atoms with E-state index in [1.165, 1.54) is 7.11 Å². The summed E-state index contributed by atoms with van der Waals surface area (Å²) in [5.41, 5.74) is 4.10. The Bertz CT molecular complexity index is 1140. The van der Waals surface area contributed by atoms with Crippen LogP contribution in [-0.2, 0) is 4.74 Å². The Morgan fingerprint density at radius 1 is 1.11 bits per heavy atom. The lowest BCUT2D eigenvalue weighted by atomic mass is 10.1. The number of methoxy groups -OCH3 is 1. The van der Waals surface area contributed by atoms with Crippen LogP contribution in [0.4, 0.5) is 0 Å². The molecule has 0 amide bonds. The zero-order chi connectivity index (χ0) is 19.1. The third kappa shape index (κ3) is 3.04. The second-order valence-electron chi connectivity index (χ2n) is 6.16. The minimum Gasteiger partial charge on any atom is -0.465 e. The highest BCUT2D eigenvalue weighted by atomic mass is 79.9. The molecule has 0 N–H and O–H groups in total. The molecule has 0 atom stereocenters. The number of fused-ring (bicyclic) bond motifs is 1. The fraction of sp³-hybridized carbons (Fsp3) is 0.150. The van der Waals surface area contributed by atoms with Crippen LogP contribution in [-0.4, -0.2) is 23.2 Å². The number of esters is 1. The summed E-state index contributed by atoms with van der Waals surface area (Å²) in [7, 11) is 1.34. The lowest BCUT2D eigenvalue weighted by Crippen LogP contribution is -2.01. The van der Waals surface area contributed by atoms with Gasteiger partial charge in [-0.3, -0.25) is 0 Å². The number of hydrogen-bond donors (Lipinski definition) is 0. The molecule has 0 spiro atoms. The summed E-state index contributed by atoms with van der Waals surface area (Å²) in [5, 5.41) is 5.06. The first kappa shape index (κ1) is 17.5. The first-order valence-electron chi connectivity index (χ1n) is 8.20. The molecule has 2 aromatic heterocycles. The lowest BCUT2D eigenvalue weighted by Gasteiger charge is -2.02. The summed E-state index contributed by atoms with van der Waals surface area (Å²) >= 11 is 3.44. The normalized spacial score (nSPS) is 11.1. The van der Waals surface area contributed by atoms with Gasteiger partial charge in [-0.25, -0.2) is 4.79 Å². The van der Waals surface area contributed by atoms with Crippen LogP contribution < -0.4 is 0 Å². The second kappa shape index (κ2) is 6.66. The van der Waals surface area contributed by atoms with Gasteiger partial charge in [-0.15, -0.1) is 0 Å². The van der Waals surface area contributed by atoms with Gasteiger partial charge in [0.05, 0.1) is 12.7 Å². The Morgan fingerprint density at radius 3 is 2.59 bits per heavy atom. The van der Waals surface area contributed by atoms with Crippen LogP contribution >= 0.6 is 15.9 Å². The summed E-state index contributed by atoms with van der Waals surface area (Å²) in [6.45, 7) is 4.02. The molecule has 136 valence electrons. The number of aryl methyl sites for hydroxylation is 2. The summed E-state index contributed by atoms with van der Waals surface area (Å²) in [6, 6.07) is 11.0.